The third-order valence-corrected chi connectivity index (χ3v) is 3.64. The van der Waals surface area contributed by atoms with E-state index in [9.17, 15) is 4.79 Å². The van der Waals surface area contributed by atoms with Gasteiger partial charge in [-0.25, -0.2) is 0 Å². The molecule has 24 heavy (non-hydrogen) atoms. The molecule has 1 amide bonds. The van der Waals surface area contributed by atoms with Gasteiger partial charge in [0.1, 0.15) is 5.75 Å². The van der Waals surface area contributed by atoms with Crippen molar-refractivity contribution in [2.45, 2.75) is 27.7 Å². The molecular weight excluding hydrogens is 304 g/mol. The van der Waals surface area contributed by atoms with Gasteiger partial charge >= 0.3 is 0 Å². The van der Waals surface area contributed by atoms with Crippen molar-refractivity contribution >= 4 is 28.7 Å². The largest absolute Gasteiger partial charge is 0.495 e. The number of nitrogens with one attached hydrogen (secondary N) is 1. The molecule has 2 aromatic rings. The lowest BCUT2D eigenvalue weighted by Crippen LogP contribution is -2.08. The van der Waals surface area contributed by atoms with Crippen molar-refractivity contribution in [3.63, 3.8) is 0 Å². The Bertz CT molecular complexity index is 790. The summed E-state index contributed by atoms with van der Waals surface area (Å²) in [4.78, 5) is 11.3. The number of azo groups is 1. The van der Waals surface area contributed by atoms with Gasteiger partial charge in [-0.3, -0.25) is 4.79 Å². The first kappa shape index (κ1) is 17.5. The highest BCUT2D eigenvalue weighted by Gasteiger charge is 2.08. The van der Waals surface area contributed by atoms with Gasteiger partial charge in [0, 0.05) is 18.7 Å². The van der Waals surface area contributed by atoms with Crippen LogP contribution in [0, 0.1) is 20.8 Å². The van der Waals surface area contributed by atoms with Crippen LogP contribution in [0.25, 0.3) is 0 Å². The first-order chi connectivity index (χ1) is 11.3. The lowest BCUT2D eigenvalue weighted by Gasteiger charge is -2.11. The number of hydrogen-bond donors (Lipinski definition) is 2. The fourth-order valence-corrected chi connectivity index (χ4v) is 2.47. The van der Waals surface area contributed by atoms with E-state index >= 15 is 0 Å². The van der Waals surface area contributed by atoms with Crippen LogP contribution in [0.15, 0.2) is 34.5 Å². The smallest absolute Gasteiger partial charge is 0.221 e. The molecule has 0 aromatic heterocycles. The summed E-state index contributed by atoms with van der Waals surface area (Å²) in [6.45, 7) is 7.26. The minimum atomic E-state index is -0.0971. The lowest BCUT2D eigenvalue weighted by molar-refractivity contribution is -0.114. The first-order valence-electron chi connectivity index (χ1n) is 7.56. The zero-order valence-corrected chi connectivity index (χ0v) is 14.6. The highest BCUT2D eigenvalue weighted by atomic mass is 16.5. The standard InChI is InChI=1S/C18H22N4O2/c1-10-8-15(19)17(24-5)9-16(10)22-21-14-6-11(2)18(12(3)7-14)20-13(4)23/h6-9H,19H2,1-5H3,(H,20,23). The van der Waals surface area contributed by atoms with E-state index in [2.05, 4.69) is 15.5 Å². The summed E-state index contributed by atoms with van der Waals surface area (Å²) >= 11 is 0. The summed E-state index contributed by atoms with van der Waals surface area (Å²) in [5, 5.41) is 11.4. The zero-order chi connectivity index (χ0) is 17.9. The molecule has 2 rings (SSSR count). The molecule has 0 aliphatic heterocycles. The SMILES string of the molecule is COc1cc(N=Nc2cc(C)c(NC(C)=O)c(C)c2)c(C)cc1N. The predicted octanol–water partition coefficient (Wildman–Crippen LogP) is 4.58. The van der Waals surface area contributed by atoms with Crippen LogP contribution in [0.1, 0.15) is 23.6 Å². The summed E-state index contributed by atoms with van der Waals surface area (Å²) < 4.78 is 5.22. The highest BCUT2D eigenvalue weighted by molar-refractivity contribution is 5.90. The molecule has 0 radical (unpaired) electrons. The summed E-state index contributed by atoms with van der Waals surface area (Å²) in [5.41, 5.74) is 11.5. The summed E-state index contributed by atoms with van der Waals surface area (Å²) in [6.07, 6.45) is 0. The van der Waals surface area contributed by atoms with Gasteiger partial charge in [-0.2, -0.15) is 10.2 Å². The van der Waals surface area contributed by atoms with Crippen LogP contribution in [-0.4, -0.2) is 13.0 Å². The van der Waals surface area contributed by atoms with Gasteiger partial charge in [0.25, 0.3) is 0 Å². The molecule has 0 fully saturated rings. The first-order valence-corrected chi connectivity index (χ1v) is 7.56. The molecule has 0 saturated carbocycles. The van der Waals surface area contributed by atoms with E-state index in [0.717, 1.165) is 22.4 Å². The van der Waals surface area contributed by atoms with Crippen molar-refractivity contribution in [3.05, 3.63) is 41.0 Å². The van der Waals surface area contributed by atoms with Gasteiger partial charge in [0.05, 0.1) is 24.2 Å². The fourth-order valence-electron chi connectivity index (χ4n) is 2.47. The highest BCUT2D eigenvalue weighted by Crippen LogP contribution is 2.33. The van der Waals surface area contributed by atoms with E-state index in [0.29, 0.717) is 22.8 Å². The van der Waals surface area contributed by atoms with E-state index in [-0.39, 0.29) is 5.91 Å². The number of carbonyl (C=O) groups excluding carboxylic acids is 1. The number of amides is 1. The molecule has 0 spiro atoms. The summed E-state index contributed by atoms with van der Waals surface area (Å²) in [7, 11) is 1.56. The molecule has 0 saturated heterocycles. The van der Waals surface area contributed by atoms with Crippen LogP contribution < -0.4 is 15.8 Å². The van der Waals surface area contributed by atoms with E-state index in [4.69, 9.17) is 10.5 Å². The van der Waals surface area contributed by atoms with Gasteiger partial charge in [0.2, 0.25) is 5.91 Å². The Hall–Kier alpha value is -2.89. The van der Waals surface area contributed by atoms with Crippen LogP contribution in [-0.2, 0) is 4.79 Å². The molecule has 0 unspecified atom stereocenters. The van der Waals surface area contributed by atoms with Crippen molar-refractivity contribution < 1.29 is 9.53 Å². The van der Waals surface area contributed by atoms with Crippen molar-refractivity contribution in [1.29, 1.82) is 0 Å². The number of anilines is 2. The minimum Gasteiger partial charge on any atom is -0.495 e. The number of carbonyl (C=O) groups is 1. The molecule has 6 heteroatoms. The number of nitrogens with two attached hydrogens (primary N) is 1. The zero-order valence-electron chi connectivity index (χ0n) is 14.6. The quantitative estimate of drug-likeness (QED) is 0.636. The van der Waals surface area contributed by atoms with Crippen LogP contribution in [0.4, 0.5) is 22.7 Å². The third-order valence-electron chi connectivity index (χ3n) is 3.64. The predicted molar refractivity (Wildman–Crippen MR) is 96.5 cm³/mol. The lowest BCUT2D eigenvalue weighted by atomic mass is 10.1. The minimum absolute atomic E-state index is 0.0971. The van der Waals surface area contributed by atoms with Gasteiger partial charge in [-0.05, 0) is 55.7 Å². The molecule has 3 N–H and O–H groups in total. The van der Waals surface area contributed by atoms with Crippen molar-refractivity contribution in [1.82, 2.24) is 0 Å². The molecule has 0 bridgehead atoms. The Kier molecular flexibility index (Phi) is 5.18. The van der Waals surface area contributed by atoms with Crippen molar-refractivity contribution in [2.24, 2.45) is 10.2 Å². The molecular formula is C18H22N4O2. The van der Waals surface area contributed by atoms with Gasteiger partial charge in [0.15, 0.2) is 0 Å². The molecule has 0 aliphatic carbocycles. The average molecular weight is 326 g/mol. The molecule has 0 aliphatic rings. The van der Waals surface area contributed by atoms with Gasteiger partial charge in [-0.15, -0.1) is 0 Å². The van der Waals surface area contributed by atoms with E-state index in [1.54, 1.807) is 13.2 Å². The number of nitrogens with zero attached hydrogens (tertiary/aromatic N) is 2. The summed E-state index contributed by atoms with van der Waals surface area (Å²) in [5.74, 6) is 0.475. The van der Waals surface area contributed by atoms with E-state index < -0.39 is 0 Å². The van der Waals surface area contributed by atoms with Crippen molar-refractivity contribution in [3.8, 4) is 5.75 Å². The third kappa shape index (κ3) is 3.90. The van der Waals surface area contributed by atoms with Gasteiger partial charge < -0.3 is 15.8 Å². The van der Waals surface area contributed by atoms with Crippen LogP contribution >= 0.6 is 0 Å². The second kappa shape index (κ2) is 7.12. The Morgan fingerprint density at radius 1 is 1.04 bits per heavy atom. The molecule has 0 atom stereocenters. The van der Waals surface area contributed by atoms with Crippen LogP contribution in [0.3, 0.4) is 0 Å². The number of hydrogen-bond acceptors (Lipinski definition) is 5. The van der Waals surface area contributed by atoms with Crippen molar-refractivity contribution in [2.75, 3.05) is 18.2 Å². The van der Waals surface area contributed by atoms with Crippen LogP contribution in [0.5, 0.6) is 5.75 Å². The summed E-state index contributed by atoms with van der Waals surface area (Å²) in [6, 6.07) is 7.33. The molecule has 2 aromatic carbocycles. The number of benzene rings is 2. The Balaban J connectivity index is 2.35. The maximum absolute atomic E-state index is 11.3. The maximum Gasteiger partial charge on any atom is 0.221 e. The average Bonchev–Trinajstić information content (AvgIpc) is 2.50. The normalized spacial score (nSPS) is 10.9. The maximum atomic E-state index is 11.3. The molecule has 0 heterocycles. The fraction of sp³-hybridized carbons (Fsp3) is 0.278. The monoisotopic (exact) mass is 326 g/mol. The molecule has 6 nitrogen and oxygen atoms in total. The second-order valence-corrected chi connectivity index (χ2v) is 5.72. The van der Waals surface area contributed by atoms with Crippen LogP contribution in [0.2, 0.25) is 0 Å². The number of nitrogen functional groups attached to an aromatic ring is 1. The Morgan fingerprint density at radius 3 is 2.21 bits per heavy atom. The Morgan fingerprint density at radius 2 is 1.67 bits per heavy atom. The number of methoxy groups -OCH3 is 1. The number of aryl methyl sites for hydroxylation is 3. The molecule has 126 valence electrons. The second-order valence-electron chi connectivity index (χ2n) is 5.72. The van der Waals surface area contributed by atoms with E-state index in [1.807, 2.05) is 39.0 Å². The number of rotatable bonds is 4. The van der Waals surface area contributed by atoms with Gasteiger partial charge in [-0.1, -0.05) is 0 Å². The van der Waals surface area contributed by atoms with E-state index in [1.165, 1.54) is 6.92 Å². The topological polar surface area (TPSA) is 89.1 Å². The number of ether oxygens (including phenoxy) is 1. The Labute approximate surface area is 141 Å².